The molecule has 0 aliphatic heterocycles. The highest BCUT2D eigenvalue weighted by atomic mass is 32.2. The van der Waals surface area contributed by atoms with Crippen molar-refractivity contribution in [2.24, 2.45) is 0 Å². The molecule has 0 amide bonds. The van der Waals surface area contributed by atoms with E-state index in [1.165, 1.54) is 12.1 Å². The Labute approximate surface area is 120 Å². The van der Waals surface area contributed by atoms with Gasteiger partial charge in [0.05, 0.1) is 17.7 Å². The minimum absolute atomic E-state index is 0.300. The van der Waals surface area contributed by atoms with Gasteiger partial charge in [-0.25, -0.2) is 12.7 Å². The maximum Gasteiger partial charge on any atom is 0.416 e. The van der Waals surface area contributed by atoms with Crippen molar-refractivity contribution >= 4 is 16.0 Å². The second kappa shape index (κ2) is 6.44. The average Bonchev–Trinajstić information content (AvgIpc) is 2.34. The van der Waals surface area contributed by atoms with Crippen LogP contribution in [0, 0.1) is 0 Å². The van der Waals surface area contributed by atoms with E-state index in [2.05, 4.69) is 0 Å². The lowest BCUT2D eigenvalue weighted by molar-refractivity contribution is -0.138. The van der Waals surface area contributed by atoms with Crippen LogP contribution in [0.4, 0.5) is 13.2 Å². The molecule has 0 saturated heterocycles. The Morgan fingerprint density at radius 3 is 2.38 bits per heavy atom. The lowest BCUT2D eigenvalue weighted by atomic mass is 10.1. The summed E-state index contributed by atoms with van der Waals surface area (Å²) in [6.07, 6.45) is -5.07. The molecule has 0 radical (unpaired) electrons. The van der Waals surface area contributed by atoms with E-state index in [-0.39, 0.29) is 12.1 Å². The van der Waals surface area contributed by atoms with Gasteiger partial charge in [0.25, 0.3) is 0 Å². The van der Waals surface area contributed by atoms with Crippen molar-refractivity contribution < 1.29 is 31.5 Å². The number of sulfonamides is 1. The third kappa shape index (κ3) is 5.01. The predicted octanol–water partition coefficient (Wildman–Crippen LogP) is 1.94. The Balaban J connectivity index is 2.97. The molecule has 21 heavy (non-hydrogen) atoms. The summed E-state index contributed by atoms with van der Waals surface area (Å²) in [5, 5.41) is 8.50. The molecular formula is C12H14F3NO4S. The maximum absolute atomic E-state index is 12.8. The fourth-order valence-corrected chi connectivity index (χ4v) is 2.86. The Bertz CT molecular complexity index is 613. The smallest absolute Gasteiger partial charge is 0.416 e. The summed E-state index contributed by atoms with van der Waals surface area (Å²) in [5.41, 5.74) is -1.38. The van der Waals surface area contributed by atoms with Gasteiger partial charge in [0.2, 0.25) is 10.0 Å². The van der Waals surface area contributed by atoms with Crippen molar-refractivity contribution in [3.63, 3.8) is 0 Å². The van der Waals surface area contributed by atoms with Crippen molar-refractivity contribution in [3.8, 4) is 0 Å². The number of alkyl halides is 3. The third-order valence-electron chi connectivity index (χ3n) is 2.78. The van der Waals surface area contributed by atoms with E-state index in [9.17, 15) is 26.4 Å². The first-order chi connectivity index (χ1) is 9.54. The Morgan fingerprint density at radius 2 is 1.86 bits per heavy atom. The van der Waals surface area contributed by atoms with Crippen LogP contribution >= 0.6 is 0 Å². The van der Waals surface area contributed by atoms with Crippen LogP contribution in [0.5, 0.6) is 0 Å². The number of carboxylic acids is 1. The molecule has 0 fully saturated rings. The van der Waals surface area contributed by atoms with Gasteiger partial charge in [-0.3, -0.25) is 4.79 Å². The standard InChI is InChI=1S/C12H14F3NO4S/c1-16(7-6-11(17)18)21(19,20)8-9-4-2-3-5-10(9)12(13,14)15/h2-5H,6-8H2,1H3,(H,17,18). The normalized spacial score (nSPS) is 12.6. The number of benzene rings is 1. The zero-order valence-electron chi connectivity index (χ0n) is 11.1. The third-order valence-corrected chi connectivity index (χ3v) is 4.58. The Hall–Kier alpha value is -1.61. The second-order valence-electron chi connectivity index (χ2n) is 4.38. The van der Waals surface area contributed by atoms with Crippen LogP contribution in [0.15, 0.2) is 24.3 Å². The number of halogens is 3. The number of rotatable bonds is 6. The Morgan fingerprint density at radius 1 is 1.29 bits per heavy atom. The zero-order chi connectivity index (χ0) is 16.3. The summed E-state index contributed by atoms with van der Waals surface area (Å²) in [5.74, 6) is -2.02. The molecule has 0 aliphatic rings. The van der Waals surface area contributed by atoms with Crippen molar-refractivity contribution in [3.05, 3.63) is 35.4 Å². The van der Waals surface area contributed by atoms with Crippen LogP contribution in [0.3, 0.4) is 0 Å². The molecular weight excluding hydrogens is 311 g/mol. The minimum Gasteiger partial charge on any atom is -0.481 e. The molecule has 1 aromatic carbocycles. The molecule has 0 aliphatic carbocycles. The van der Waals surface area contributed by atoms with Crippen molar-refractivity contribution in [2.45, 2.75) is 18.3 Å². The largest absolute Gasteiger partial charge is 0.481 e. The van der Waals surface area contributed by atoms with E-state index in [0.29, 0.717) is 0 Å². The quantitative estimate of drug-likeness (QED) is 0.867. The van der Waals surface area contributed by atoms with Crippen molar-refractivity contribution in [2.75, 3.05) is 13.6 Å². The van der Waals surface area contributed by atoms with Gasteiger partial charge in [-0.05, 0) is 11.6 Å². The number of carbonyl (C=O) groups is 1. The fraction of sp³-hybridized carbons (Fsp3) is 0.417. The number of carboxylic acid groups (broad SMARTS) is 1. The molecule has 1 N–H and O–H groups in total. The van der Waals surface area contributed by atoms with Gasteiger partial charge in [0.1, 0.15) is 0 Å². The van der Waals surface area contributed by atoms with Crippen molar-refractivity contribution in [1.29, 1.82) is 0 Å². The van der Waals surface area contributed by atoms with Gasteiger partial charge in [0.15, 0.2) is 0 Å². The fourth-order valence-electron chi connectivity index (χ4n) is 1.62. The summed E-state index contributed by atoms with van der Waals surface area (Å²) < 4.78 is 63.0. The molecule has 1 rings (SSSR count). The summed E-state index contributed by atoms with van der Waals surface area (Å²) in [4.78, 5) is 10.4. The first-order valence-electron chi connectivity index (χ1n) is 5.85. The highest BCUT2D eigenvalue weighted by Crippen LogP contribution is 2.32. The molecule has 0 unspecified atom stereocenters. The average molecular weight is 325 g/mol. The van der Waals surface area contributed by atoms with E-state index >= 15 is 0 Å². The molecule has 5 nitrogen and oxygen atoms in total. The lowest BCUT2D eigenvalue weighted by Crippen LogP contribution is -2.30. The Kier molecular flexibility index (Phi) is 5.35. The second-order valence-corrected chi connectivity index (χ2v) is 6.45. The van der Waals surface area contributed by atoms with Crippen LogP contribution in [-0.4, -0.2) is 37.4 Å². The molecule has 1 aromatic rings. The molecule has 0 heterocycles. The number of hydrogen-bond acceptors (Lipinski definition) is 3. The topological polar surface area (TPSA) is 74.7 Å². The summed E-state index contributed by atoms with van der Waals surface area (Å²) in [7, 11) is -2.89. The van der Waals surface area contributed by atoms with Gasteiger partial charge in [-0.15, -0.1) is 0 Å². The first kappa shape index (κ1) is 17.4. The van der Waals surface area contributed by atoms with E-state index in [1.807, 2.05) is 0 Å². The van der Waals surface area contributed by atoms with Gasteiger partial charge in [0, 0.05) is 13.6 Å². The predicted molar refractivity (Wildman–Crippen MR) is 69.0 cm³/mol. The summed E-state index contributed by atoms with van der Waals surface area (Å²) in [6.45, 7) is -0.300. The monoisotopic (exact) mass is 325 g/mol. The van der Waals surface area contributed by atoms with Gasteiger partial charge >= 0.3 is 12.1 Å². The highest BCUT2D eigenvalue weighted by Gasteiger charge is 2.34. The molecule has 0 bridgehead atoms. The van der Waals surface area contributed by atoms with Crippen LogP contribution in [0.1, 0.15) is 17.5 Å². The van der Waals surface area contributed by atoms with E-state index in [1.54, 1.807) is 0 Å². The van der Waals surface area contributed by atoms with Gasteiger partial charge in [-0.1, -0.05) is 18.2 Å². The maximum atomic E-state index is 12.8. The van der Waals surface area contributed by atoms with Crippen LogP contribution < -0.4 is 0 Å². The zero-order valence-corrected chi connectivity index (χ0v) is 11.9. The van der Waals surface area contributed by atoms with Crippen LogP contribution in [-0.2, 0) is 26.7 Å². The van der Waals surface area contributed by atoms with E-state index < -0.39 is 39.9 Å². The number of hydrogen-bond donors (Lipinski definition) is 1. The SMILES string of the molecule is CN(CCC(=O)O)S(=O)(=O)Cc1ccccc1C(F)(F)F. The molecule has 9 heteroatoms. The highest BCUT2D eigenvalue weighted by molar-refractivity contribution is 7.88. The van der Waals surface area contributed by atoms with Gasteiger partial charge in [-0.2, -0.15) is 13.2 Å². The summed E-state index contributed by atoms with van der Waals surface area (Å²) >= 11 is 0. The van der Waals surface area contributed by atoms with Crippen LogP contribution in [0.25, 0.3) is 0 Å². The number of aliphatic carboxylic acids is 1. The molecule has 118 valence electrons. The molecule has 0 saturated carbocycles. The molecule has 0 atom stereocenters. The number of nitrogens with zero attached hydrogens (tertiary/aromatic N) is 1. The minimum atomic E-state index is -4.65. The molecule has 0 spiro atoms. The van der Waals surface area contributed by atoms with E-state index in [0.717, 1.165) is 23.5 Å². The van der Waals surface area contributed by atoms with Crippen molar-refractivity contribution in [1.82, 2.24) is 4.31 Å². The lowest BCUT2D eigenvalue weighted by Gasteiger charge is -2.18. The summed E-state index contributed by atoms with van der Waals surface area (Å²) in [6, 6.07) is 4.39. The first-order valence-corrected chi connectivity index (χ1v) is 7.46. The van der Waals surface area contributed by atoms with E-state index in [4.69, 9.17) is 5.11 Å². The molecule has 0 aromatic heterocycles. The van der Waals surface area contributed by atoms with Gasteiger partial charge < -0.3 is 5.11 Å². The van der Waals surface area contributed by atoms with Crippen LogP contribution in [0.2, 0.25) is 0 Å².